The third-order valence-corrected chi connectivity index (χ3v) is 3.61. The van der Waals surface area contributed by atoms with Gasteiger partial charge in [0.15, 0.2) is 0 Å². The molecule has 0 aliphatic carbocycles. The number of nitrogens with one attached hydrogen (secondary N) is 1. The average molecular weight is 264 g/mol. The average Bonchev–Trinajstić information content (AvgIpc) is 2.81. The van der Waals surface area contributed by atoms with Crippen LogP contribution in [0.15, 0.2) is 35.7 Å². The molecule has 1 heterocycles. The summed E-state index contributed by atoms with van der Waals surface area (Å²) in [5, 5.41) is 4.68. The van der Waals surface area contributed by atoms with Crippen LogP contribution in [0.5, 0.6) is 0 Å². The van der Waals surface area contributed by atoms with Gasteiger partial charge in [-0.1, -0.05) is 6.07 Å². The summed E-state index contributed by atoms with van der Waals surface area (Å²) >= 11 is 1.55. The van der Waals surface area contributed by atoms with E-state index in [0.29, 0.717) is 5.69 Å². The van der Waals surface area contributed by atoms with E-state index in [1.807, 2.05) is 24.4 Å². The Morgan fingerprint density at radius 3 is 2.83 bits per heavy atom. The van der Waals surface area contributed by atoms with Crippen LogP contribution < -0.4 is 11.1 Å². The number of carbonyl (C=O) groups is 1. The minimum Gasteiger partial charge on any atom is -0.399 e. The molecular weight excluding hydrogens is 251 g/mol. The van der Waals surface area contributed by atoms with Crippen LogP contribution in [0.25, 0.3) is 0 Å². The summed E-state index contributed by atoms with van der Waals surface area (Å²) in [6, 6.07) is 7.73. The van der Waals surface area contributed by atoms with Crippen molar-refractivity contribution >= 4 is 22.9 Å². The van der Waals surface area contributed by atoms with E-state index in [0.717, 1.165) is 10.9 Å². The van der Waals surface area contributed by atoms with E-state index in [4.69, 9.17) is 5.73 Å². The monoisotopic (exact) mass is 264 g/mol. The Bertz CT molecular complexity index is 554. The van der Waals surface area contributed by atoms with E-state index in [1.165, 1.54) is 12.1 Å². The molecule has 3 nitrogen and oxygen atoms in total. The van der Waals surface area contributed by atoms with E-state index in [-0.39, 0.29) is 11.6 Å². The molecule has 1 unspecified atom stereocenters. The maximum atomic E-state index is 13.6. The normalized spacial score (nSPS) is 12.1. The van der Waals surface area contributed by atoms with Gasteiger partial charge >= 0.3 is 0 Å². The number of carbonyl (C=O) groups excluding carboxylic acids is 1. The first-order valence-electron chi connectivity index (χ1n) is 5.47. The number of nitrogen functional groups attached to an aromatic ring is 1. The molecule has 5 heteroatoms. The van der Waals surface area contributed by atoms with Gasteiger partial charge in [0, 0.05) is 10.6 Å². The first kappa shape index (κ1) is 12.6. The molecule has 0 spiro atoms. The number of hydrogen-bond donors (Lipinski definition) is 2. The summed E-state index contributed by atoms with van der Waals surface area (Å²) in [5.41, 5.74) is 5.74. The van der Waals surface area contributed by atoms with Gasteiger partial charge in [0.2, 0.25) is 0 Å². The molecule has 0 aliphatic rings. The molecular formula is C13H13FN2OS. The molecule has 1 aromatic carbocycles. The number of amides is 1. The van der Waals surface area contributed by atoms with Crippen molar-refractivity contribution in [3.05, 3.63) is 52.0 Å². The minimum atomic E-state index is -0.606. The maximum absolute atomic E-state index is 13.6. The van der Waals surface area contributed by atoms with Gasteiger partial charge in [0.05, 0.1) is 11.6 Å². The molecule has 0 saturated carbocycles. The van der Waals surface area contributed by atoms with Crippen molar-refractivity contribution in [1.82, 2.24) is 5.32 Å². The van der Waals surface area contributed by atoms with E-state index in [9.17, 15) is 9.18 Å². The Hall–Kier alpha value is -1.88. The number of benzene rings is 1. The molecule has 2 rings (SSSR count). The molecule has 94 valence electrons. The van der Waals surface area contributed by atoms with Gasteiger partial charge in [-0.05, 0) is 36.6 Å². The lowest BCUT2D eigenvalue weighted by Crippen LogP contribution is -2.26. The molecule has 0 saturated heterocycles. The third-order valence-electron chi connectivity index (χ3n) is 2.56. The summed E-state index contributed by atoms with van der Waals surface area (Å²) in [4.78, 5) is 12.9. The number of halogens is 1. The second-order valence-electron chi connectivity index (χ2n) is 3.95. The van der Waals surface area contributed by atoms with Crippen molar-refractivity contribution in [2.75, 3.05) is 5.73 Å². The van der Waals surface area contributed by atoms with Gasteiger partial charge in [0.25, 0.3) is 5.91 Å². The van der Waals surface area contributed by atoms with Gasteiger partial charge < -0.3 is 11.1 Å². The maximum Gasteiger partial charge on any atom is 0.254 e. The van der Waals surface area contributed by atoms with Crippen LogP contribution in [0.1, 0.15) is 28.2 Å². The zero-order valence-electron chi connectivity index (χ0n) is 9.81. The number of hydrogen-bond acceptors (Lipinski definition) is 3. The van der Waals surface area contributed by atoms with Gasteiger partial charge in [-0.25, -0.2) is 4.39 Å². The molecule has 0 radical (unpaired) electrons. The molecule has 1 aromatic heterocycles. The van der Waals surface area contributed by atoms with Crippen LogP contribution in [-0.2, 0) is 0 Å². The molecule has 18 heavy (non-hydrogen) atoms. The second-order valence-corrected chi connectivity index (χ2v) is 4.93. The molecule has 0 aliphatic heterocycles. The molecule has 1 amide bonds. The zero-order valence-corrected chi connectivity index (χ0v) is 10.6. The lowest BCUT2D eigenvalue weighted by molar-refractivity contribution is 0.0936. The number of nitrogens with two attached hydrogens (primary N) is 1. The van der Waals surface area contributed by atoms with E-state index < -0.39 is 11.7 Å². The van der Waals surface area contributed by atoms with Crippen LogP contribution in [0.2, 0.25) is 0 Å². The summed E-state index contributed by atoms with van der Waals surface area (Å²) < 4.78 is 13.6. The summed E-state index contributed by atoms with van der Waals surface area (Å²) in [5.74, 6) is -1.04. The van der Waals surface area contributed by atoms with Crippen molar-refractivity contribution in [1.29, 1.82) is 0 Å². The van der Waals surface area contributed by atoms with Crippen LogP contribution in [-0.4, -0.2) is 5.91 Å². The topological polar surface area (TPSA) is 55.1 Å². The Balaban J connectivity index is 2.12. The number of anilines is 1. The number of thiophene rings is 1. The Kier molecular flexibility index (Phi) is 3.62. The lowest BCUT2D eigenvalue weighted by atomic mass is 10.1. The standard InChI is InChI=1S/C13H13FN2OS/c1-8(12-3-2-6-18-12)16-13(17)10-5-4-9(15)7-11(10)14/h2-8H,15H2,1H3,(H,16,17). The Morgan fingerprint density at radius 1 is 1.44 bits per heavy atom. The molecule has 2 aromatic rings. The molecule has 1 atom stereocenters. The van der Waals surface area contributed by atoms with Crippen molar-refractivity contribution in [2.24, 2.45) is 0 Å². The van der Waals surface area contributed by atoms with E-state index in [2.05, 4.69) is 5.32 Å². The van der Waals surface area contributed by atoms with Gasteiger partial charge in [-0.3, -0.25) is 4.79 Å². The van der Waals surface area contributed by atoms with Crippen LogP contribution in [0.3, 0.4) is 0 Å². The second kappa shape index (κ2) is 5.18. The highest BCUT2D eigenvalue weighted by Crippen LogP contribution is 2.19. The van der Waals surface area contributed by atoms with Crippen molar-refractivity contribution in [3.63, 3.8) is 0 Å². The zero-order chi connectivity index (χ0) is 13.1. The highest BCUT2D eigenvalue weighted by molar-refractivity contribution is 7.10. The summed E-state index contributed by atoms with van der Waals surface area (Å²) in [6.07, 6.45) is 0. The fraction of sp³-hybridized carbons (Fsp3) is 0.154. The predicted molar refractivity (Wildman–Crippen MR) is 71.0 cm³/mol. The van der Waals surface area contributed by atoms with Crippen LogP contribution in [0, 0.1) is 5.82 Å². The van der Waals surface area contributed by atoms with Crippen molar-refractivity contribution < 1.29 is 9.18 Å². The highest BCUT2D eigenvalue weighted by Gasteiger charge is 2.15. The van der Waals surface area contributed by atoms with Crippen LogP contribution >= 0.6 is 11.3 Å². The smallest absolute Gasteiger partial charge is 0.254 e. The Morgan fingerprint density at radius 2 is 2.22 bits per heavy atom. The van der Waals surface area contributed by atoms with Gasteiger partial charge in [-0.2, -0.15) is 0 Å². The largest absolute Gasteiger partial charge is 0.399 e. The van der Waals surface area contributed by atoms with E-state index in [1.54, 1.807) is 11.3 Å². The first-order chi connectivity index (χ1) is 8.58. The number of rotatable bonds is 3. The van der Waals surface area contributed by atoms with Crippen molar-refractivity contribution in [3.8, 4) is 0 Å². The van der Waals surface area contributed by atoms with Gasteiger partial charge in [-0.15, -0.1) is 11.3 Å². The van der Waals surface area contributed by atoms with Gasteiger partial charge in [0.1, 0.15) is 5.82 Å². The summed E-state index contributed by atoms with van der Waals surface area (Å²) in [6.45, 7) is 1.86. The fourth-order valence-electron chi connectivity index (χ4n) is 1.60. The predicted octanol–water partition coefficient (Wildman–Crippen LogP) is 2.96. The SMILES string of the molecule is CC(NC(=O)c1ccc(N)cc1F)c1cccs1. The summed E-state index contributed by atoms with van der Waals surface area (Å²) in [7, 11) is 0. The molecule has 3 N–H and O–H groups in total. The third kappa shape index (κ3) is 2.68. The Labute approximate surface area is 108 Å². The quantitative estimate of drug-likeness (QED) is 0.837. The lowest BCUT2D eigenvalue weighted by Gasteiger charge is -2.12. The highest BCUT2D eigenvalue weighted by atomic mass is 32.1. The fourth-order valence-corrected chi connectivity index (χ4v) is 2.33. The van der Waals surface area contributed by atoms with Crippen molar-refractivity contribution in [2.45, 2.75) is 13.0 Å². The molecule has 0 bridgehead atoms. The van der Waals surface area contributed by atoms with Crippen LogP contribution in [0.4, 0.5) is 10.1 Å². The van der Waals surface area contributed by atoms with E-state index >= 15 is 0 Å². The minimum absolute atomic E-state index is 0.00704. The molecule has 0 fully saturated rings. The first-order valence-corrected chi connectivity index (χ1v) is 6.35.